The van der Waals surface area contributed by atoms with Crippen molar-refractivity contribution in [2.45, 2.75) is 25.3 Å². The lowest BCUT2D eigenvalue weighted by atomic mass is 10.2. The molecule has 1 atom stereocenters. The summed E-state index contributed by atoms with van der Waals surface area (Å²) in [6.07, 6.45) is 3.68. The van der Waals surface area contributed by atoms with E-state index in [9.17, 15) is 0 Å². The van der Waals surface area contributed by atoms with Gasteiger partial charge < -0.3 is 16.0 Å². The zero-order valence-electron chi connectivity index (χ0n) is 12.2. The van der Waals surface area contributed by atoms with Crippen LogP contribution in [-0.4, -0.2) is 44.1 Å². The quantitative estimate of drug-likeness (QED) is 0.413. The highest BCUT2D eigenvalue weighted by atomic mass is 127. The Hall–Kier alpha value is -0.340. The average Bonchev–Trinajstić information content (AvgIpc) is 3.05. The van der Waals surface area contributed by atoms with Gasteiger partial charge in [0.1, 0.15) is 0 Å². The van der Waals surface area contributed by atoms with Gasteiger partial charge in [-0.05, 0) is 50.7 Å². The molecule has 1 aromatic rings. The third kappa shape index (κ3) is 5.97. The van der Waals surface area contributed by atoms with Gasteiger partial charge in [-0.1, -0.05) is 6.07 Å². The van der Waals surface area contributed by atoms with Gasteiger partial charge in [0.25, 0.3) is 0 Å². The second-order valence-electron chi connectivity index (χ2n) is 5.35. The SMILES string of the molecule is CN(C)C(CN=C(N)NCCc1cccs1)C1CC1.I. The predicted molar refractivity (Wildman–Crippen MR) is 98.1 cm³/mol. The molecule has 0 saturated heterocycles. The minimum atomic E-state index is 0. The summed E-state index contributed by atoms with van der Waals surface area (Å²) < 4.78 is 0. The zero-order chi connectivity index (χ0) is 13.7. The highest BCUT2D eigenvalue weighted by Gasteiger charge is 2.32. The van der Waals surface area contributed by atoms with Crippen molar-refractivity contribution in [2.75, 3.05) is 27.2 Å². The third-order valence-corrected chi connectivity index (χ3v) is 4.47. The first-order valence-electron chi connectivity index (χ1n) is 6.89. The Kier molecular flexibility index (Phi) is 7.83. The molecule has 0 spiro atoms. The number of thiophene rings is 1. The molecule has 0 radical (unpaired) electrons. The standard InChI is InChI=1S/C14H24N4S.HI/c1-18(2)13(11-5-6-11)10-17-14(15)16-8-7-12-4-3-9-19-12;/h3-4,9,11,13H,5-8,10H2,1-2H3,(H3,15,16,17);1H. The predicted octanol–water partition coefficient (Wildman–Crippen LogP) is 2.15. The maximum atomic E-state index is 5.91. The molecule has 20 heavy (non-hydrogen) atoms. The van der Waals surface area contributed by atoms with Crippen LogP contribution in [0.3, 0.4) is 0 Å². The summed E-state index contributed by atoms with van der Waals surface area (Å²) in [6, 6.07) is 4.77. The van der Waals surface area contributed by atoms with Gasteiger partial charge in [-0.2, -0.15) is 0 Å². The molecule has 1 heterocycles. The topological polar surface area (TPSA) is 53.6 Å². The molecule has 1 aliphatic rings. The van der Waals surface area contributed by atoms with E-state index >= 15 is 0 Å². The van der Waals surface area contributed by atoms with Crippen LogP contribution in [0.4, 0.5) is 0 Å². The molecule has 1 aliphatic carbocycles. The van der Waals surface area contributed by atoms with Crippen LogP contribution in [0.15, 0.2) is 22.5 Å². The second kappa shape index (κ2) is 8.84. The van der Waals surface area contributed by atoms with E-state index in [0.717, 1.165) is 25.4 Å². The first kappa shape index (κ1) is 17.7. The Bertz CT molecular complexity index is 399. The molecular formula is C14H25IN4S. The number of hydrogen-bond donors (Lipinski definition) is 2. The summed E-state index contributed by atoms with van der Waals surface area (Å²) in [6.45, 7) is 1.65. The highest BCUT2D eigenvalue weighted by Crippen LogP contribution is 2.34. The summed E-state index contributed by atoms with van der Waals surface area (Å²) in [5.74, 6) is 1.39. The minimum Gasteiger partial charge on any atom is -0.370 e. The fourth-order valence-electron chi connectivity index (χ4n) is 2.23. The number of aliphatic imine (C=N–C) groups is 1. The van der Waals surface area contributed by atoms with Crippen LogP contribution in [0, 0.1) is 5.92 Å². The molecule has 0 amide bonds. The van der Waals surface area contributed by atoms with Gasteiger partial charge >= 0.3 is 0 Å². The summed E-state index contributed by atoms with van der Waals surface area (Å²) in [7, 11) is 4.25. The van der Waals surface area contributed by atoms with E-state index in [1.807, 2.05) is 0 Å². The van der Waals surface area contributed by atoms with Crippen LogP contribution >= 0.6 is 35.3 Å². The average molecular weight is 408 g/mol. The Morgan fingerprint density at radius 1 is 1.55 bits per heavy atom. The van der Waals surface area contributed by atoms with Gasteiger partial charge in [0, 0.05) is 17.5 Å². The van der Waals surface area contributed by atoms with Crippen molar-refractivity contribution >= 4 is 41.3 Å². The Balaban J connectivity index is 0.00000200. The number of rotatable bonds is 7. The monoisotopic (exact) mass is 408 g/mol. The van der Waals surface area contributed by atoms with E-state index in [-0.39, 0.29) is 24.0 Å². The van der Waals surface area contributed by atoms with Crippen molar-refractivity contribution in [1.82, 2.24) is 10.2 Å². The van der Waals surface area contributed by atoms with Crippen LogP contribution in [0.1, 0.15) is 17.7 Å². The van der Waals surface area contributed by atoms with Crippen LogP contribution < -0.4 is 11.1 Å². The van der Waals surface area contributed by atoms with Crippen molar-refractivity contribution in [1.29, 1.82) is 0 Å². The Morgan fingerprint density at radius 2 is 2.30 bits per heavy atom. The van der Waals surface area contributed by atoms with E-state index in [1.165, 1.54) is 17.7 Å². The van der Waals surface area contributed by atoms with E-state index < -0.39 is 0 Å². The van der Waals surface area contributed by atoms with Crippen molar-refractivity contribution in [3.63, 3.8) is 0 Å². The van der Waals surface area contributed by atoms with Gasteiger partial charge in [0.05, 0.1) is 6.54 Å². The van der Waals surface area contributed by atoms with Crippen LogP contribution in [0.2, 0.25) is 0 Å². The van der Waals surface area contributed by atoms with E-state index in [2.05, 4.69) is 46.8 Å². The molecular weight excluding hydrogens is 383 g/mol. The molecule has 1 fully saturated rings. The normalized spacial score (nSPS) is 16.9. The van der Waals surface area contributed by atoms with Crippen LogP contribution in [0.5, 0.6) is 0 Å². The van der Waals surface area contributed by atoms with Gasteiger partial charge in [0.15, 0.2) is 5.96 Å². The fourth-order valence-corrected chi connectivity index (χ4v) is 2.94. The first-order valence-corrected chi connectivity index (χ1v) is 7.77. The second-order valence-corrected chi connectivity index (χ2v) is 6.38. The summed E-state index contributed by atoms with van der Waals surface area (Å²) in [5, 5.41) is 5.29. The molecule has 4 nitrogen and oxygen atoms in total. The summed E-state index contributed by atoms with van der Waals surface area (Å²) in [5.41, 5.74) is 5.91. The lowest BCUT2D eigenvalue weighted by Gasteiger charge is -2.22. The lowest BCUT2D eigenvalue weighted by Crippen LogP contribution is -2.37. The Labute approximate surface area is 142 Å². The largest absolute Gasteiger partial charge is 0.370 e. The van der Waals surface area contributed by atoms with Crippen molar-refractivity contribution in [3.05, 3.63) is 22.4 Å². The van der Waals surface area contributed by atoms with Crippen molar-refractivity contribution < 1.29 is 0 Å². The molecule has 1 unspecified atom stereocenters. The zero-order valence-corrected chi connectivity index (χ0v) is 15.4. The van der Waals surface area contributed by atoms with Gasteiger partial charge in [0.2, 0.25) is 0 Å². The van der Waals surface area contributed by atoms with Crippen molar-refractivity contribution in [3.8, 4) is 0 Å². The molecule has 0 aliphatic heterocycles. The Morgan fingerprint density at radius 3 is 2.85 bits per heavy atom. The van der Waals surface area contributed by atoms with E-state index in [4.69, 9.17) is 5.73 Å². The lowest BCUT2D eigenvalue weighted by molar-refractivity contribution is 0.271. The van der Waals surface area contributed by atoms with Gasteiger partial charge in [-0.3, -0.25) is 4.99 Å². The number of likely N-dealkylation sites (N-methyl/N-ethyl adjacent to an activating group) is 1. The third-order valence-electron chi connectivity index (χ3n) is 3.54. The maximum absolute atomic E-state index is 5.91. The van der Waals surface area contributed by atoms with Crippen LogP contribution in [0.25, 0.3) is 0 Å². The minimum absolute atomic E-state index is 0. The molecule has 1 saturated carbocycles. The summed E-state index contributed by atoms with van der Waals surface area (Å²) in [4.78, 5) is 8.11. The molecule has 0 aromatic carbocycles. The van der Waals surface area contributed by atoms with Gasteiger partial charge in [-0.15, -0.1) is 35.3 Å². The molecule has 3 N–H and O–H groups in total. The number of guanidine groups is 1. The summed E-state index contributed by atoms with van der Waals surface area (Å²) >= 11 is 1.78. The maximum Gasteiger partial charge on any atom is 0.188 e. The fraction of sp³-hybridized carbons (Fsp3) is 0.643. The molecule has 2 rings (SSSR count). The van der Waals surface area contributed by atoms with Gasteiger partial charge in [-0.25, -0.2) is 0 Å². The molecule has 0 bridgehead atoms. The number of nitrogens with two attached hydrogens (primary N) is 1. The van der Waals surface area contributed by atoms with E-state index in [0.29, 0.717) is 12.0 Å². The number of hydrogen-bond acceptors (Lipinski definition) is 3. The highest BCUT2D eigenvalue weighted by molar-refractivity contribution is 14.0. The first-order chi connectivity index (χ1) is 9.16. The van der Waals surface area contributed by atoms with Crippen molar-refractivity contribution in [2.24, 2.45) is 16.6 Å². The van der Waals surface area contributed by atoms with E-state index in [1.54, 1.807) is 11.3 Å². The van der Waals surface area contributed by atoms with Crippen LogP contribution in [-0.2, 0) is 6.42 Å². The number of nitrogens with one attached hydrogen (secondary N) is 1. The molecule has 114 valence electrons. The molecule has 6 heteroatoms. The number of halogens is 1. The molecule has 1 aromatic heterocycles. The number of nitrogens with zero attached hydrogens (tertiary/aromatic N) is 2. The smallest absolute Gasteiger partial charge is 0.188 e.